The summed E-state index contributed by atoms with van der Waals surface area (Å²) in [5.41, 5.74) is 0.990. The average Bonchev–Trinajstić information content (AvgIpc) is 3.35. The van der Waals surface area contributed by atoms with Gasteiger partial charge in [-0.1, -0.05) is 18.6 Å². The van der Waals surface area contributed by atoms with Crippen LogP contribution >= 0.6 is 0 Å². The molecule has 0 spiro atoms. The van der Waals surface area contributed by atoms with Crippen LogP contribution < -0.4 is 10.6 Å². The number of nitrogens with one attached hydrogen (secondary N) is 2. The number of benzene rings is 1. The van der Waals surface area contributed by atoms with Crippen LogP contribution in [-0.2, 0) is 11.3 Å². The van der Waals surface area contributed by atoms with E-state index in [1.807, 2.05) is 12.1 Å². The fourth-order valence-corrected chi connectivity index (χ4v) is 3.80. The van der Waals surface area contributed by atoms with Crippen molar-refractivity contribution in [1.29, 1.82) is 0 Å². The van der Waals surface area contributed by atoms with Crippen LogP contribution in [-0.4, -0.2) is 55.7 Å². The highest BCUT2D eigenvalue weighted by atomic mass is 16.6. The molecule has 1 aliphatic rings. The maximum absolute atomic E-state index is 10.9. The Balaban J connectivity index is 1.66. The number of non-ortho nitro benzene ring substituents is 1. The van der Waals surface area contributed by atoms with Crippen LogP contribution in [0.25, 0.3) is 0 Å². The third-order valence-electron chi connectivity index (χ3n) is 5.55. The summed E-state index contributed by atoms with van der Waals surface area (Å²) in [6.07, 6.45) is 6.26. The fraction of sp³-hybridized carbons (Fsp3) is 0.522. The molecule has 0 bridgehead atoms. The van der Waals surface area contributed by atoms with Crippen molar-refractivity contribution in [1.82, 2.24) is 15.5 Å². The molecular formula is C23H33N5O4. The molecule has 1 aromatic carbocycles. The summed E-state index contributed by atoms with van der Waals surface area (Å²) in [6, 6.07) is 10.6. The van der Waals surface area contributed by atoms with E-state index in [0.29, 0.717) is 25.7 Å². The first kappa shape index (κ1) is 23.7. The van der Waals surface area contributed by atoms with Crippen molar-refractivity contribution in [2.45, 2.75) is 38.3 Å². The lowest BCUT2D eigenvalue weighted by molar-refractivity contribution is -0.384. The van der Waals surface area contributed by atoms with Crippen LogP contribution in [0.3, 0.4) is 0 Å². The van der Waals surface area contributed by atoms with Crippen molar-refractivity contribution in [3.8, 4) is 0 Å². The molecule has 0 amide bonds. The number of rotatable bonds is 11. The van der Waals surface area contributed by atoms with Gasteiger partial charge in [-0.05, 0) is 50.0 Å². The van der Waals surface area contributed by atoms with Gasteiger partial charge in [0.1, 0.15) is 5.76 Å². The quantitative estimate of drug-likeness (QED) is 0.180. The number of piperidine rings is 1. The normalized spacial score (nSPS) is 16.0. The van der Waals surface area contributed by atoms with Gasteiger partial charge in [-0.3, -0.25) is 15.0 Å². The Kier molecular flexibility index (Phi) is 9.52. The second kappa shape index (κ2) is 12.8. The lowest BCUT2D eigenvalue weighted by atomic mass is 10.1. The third kappa shape index (κ3) is 7.35. The molecule has 2 N–H and O–H groups in total. The number of nitro groups is 1. The molecule has 9 nitrogen and oxygen atoms in total. The SMILES string of the molecule is COCCCNC(=NCc1ccc([N+](=O)[O-])cc1)NCC(c1ccco1)N1CCCCC1. The molecule has 1 fully saturated rings. The zero-order chi connectivity index (χ0) is 22.6. The first-order valence-corrected chi connectivity index (χ1v) is 11.2. The number of furan rings is 1. The summed E-state index contributed by atoms with van der Waals surface area (Å²) >= 11 is 0. The fourth-order valence-electron chi connectivity index (χ4n) is 3.80. The molecule has 1 unspecified atom stereocenters. The average molecular weight is 444 g/mol. The van der Waals surface area contributed by atoms with E-state index in [-0.39, 0.29) is 11.7 Å². The van der Waals surface area contributed by atoms with Crippen LogP contribution in [0.5, 0.6) is 0 Å². The van der Waals surface area contributed by atoms with Crippen LogP contribution in [0.15, 0.2) is 52.1 Å². The number of aliphatic imine (C=N–C) groups is 1. The van der Waals surface area contributed by atoms with Crippen molar-refractivity contribution in [3.63, 3.8) is 0 Å². The molecule has 2 aromatic rings. The molecule has 32 heavy (non-hydrogen) atoms. The van der Waals surface area contributed by atoms with Gasteiger partial charge in [0, 0.05) is 38.9 Å². The van der Waals surface area contributed by atoms with Gasteiger partial charge in [0.2, 0.25) is 0 Å². The molecule has 1 aliphatic heterocycles. The van der Waals surface area contributed by atoms with Gasteiger partial charge in [0.05, 0.1) is 23.8 Å². The highest BCUT2D eigenvalue weighted by Crippen LogP contribution is 2.24. The number of guanidine groups is 1. The minimum atomic E-state index is -0.396. The van der Waals surface area contributed by atoms with Crippen molar-refractivity contribution < 1.29 is 14.1 Å². The molecule has 0 radical (unpaired) electrons. The third-order valence-corrected chi connectivity index (χ3v) is 5.55. The predicted octanol–water partition coefficient (Wildman–Crippen LogP) is 3.49. The topological polar surface area (TPSA) is 105 Å². The monoisotopic (exact) mass is 443 g/mol. The molecule has 9 heteroatoms. The lowest BCUT2D eigenvalue weighted by Crippen LogP contribution is -2.44. The smallest absolute Gasteiger partial charge is 0.269 e. The Morgan fingerprint density at radius 2 is 2.00 bits per heavy atom. The molecule has 2 heterocycles. The van der Waals surface area contributed by atoms with Gasteiger partial charge < -0.3 is 19.8 Å². The standard InChI is InChI=1S/C23H33N5O4/c1-31-15-6-12-24-23(25-17-19-8-10-20(11-9-19)28(29)30)26-18-21(22-7-5-16-32-22)27-13-3-2-4-14-27/h5,7-11,16,21H,2-4,6,12-15,17-18H2,1H3,(H2,24,25,26). The second-order valence-electron chi connectivity index (χ2n) is 7.87. The summed E-state index contributed by atoms with van der Waals surface area (Å²) in [6.45, 7) is 4.62. The van der Waals surface area contributed by atoms with E-state index in [9.17, 15) is 10.1 Å². The van der Waals surface area contributed by atoms with E-state index in [0.717, 1.165) is 37.4 Å². The number of hydrogen-bond acceptors (Lipinski definition) is 6. The molecule has 3 rings (SSSR count). The van der Waals surface area contributed by atoms with E-state index < -0.39 is 4.92 Å². The zero-order valence-electron chi connectivity index (χ0n) is 18.7. The van der Waals surface area contributed by atoms with Crippen LogP contribution in [0.1, 0.15) is 43.0 Å². The van der Waals surface area contributed by atoms with Gasteiger partial charge in [0.15, 0.2) is 5.96 Å². The molecule has 0 aliphatic carbocycles. The largest absolute Gasteiger partial charge is 0.468 e. The molecule has 1 atom stereocenters. The van der Waals surface area contributed by atoms with Crippen LogP contribution in [0, 0.1) is 10.1 Å². The molecule has 1 aromatic heterocycles. The van der Waals surface area contributed by atoms with Gasteiger partial charge in [0.25, 0.3) is 5.69 Å². The van der Waals surface area contributed by atoms with Crippen molar-refractivity contribution in [2.75, 3.05) is 39.9 Å². The maximum Gasteiger partial charge on any atom is 0.269 e. The number of methoxy groups -OCH3 is 1. The number of nitrogens with zero attached hydrogens (tertiary/aromatic N) is 3. The Labute approximate surface area is 189 Å². The minimum Gasteiger partial charge on any atom is -0.468 e. The van der Waals surface area contributed by atoms with Gasteiger partial charge in [-0.15, -0.1) is 0 Å². The summed E-state index contributed by atoms with van der Waals surface area (Å²) < 4.78 is 10.9. The van der Waals surface area contributed by atoms with Crippen LogP contribution in [0.4, 0.5) is 5.69 Å². The first-order valence-electron chi connectivity index (χ1n) is 11.2. The van der Waals surface area contributed by atoms with E-state index in [1.54, 1.807) is 25.5 Å². The van der Waals surface area contributed by atoms with Gasteiger partial charge in [-0.25, -0.2) is 4.99 Å². The Bertz CT molecular complexity index is 833. The first-order chi connectivity index (χ1) is 15.7. The molecule has 1 saturated heterocycles. The number of likely N-dealkylation sites (tertiary alicyclic amines) is 1. The lowest BCUT2D eigenvalue weighted by Gasteiger charge is -2.33. The summed E-state index contributed by atoms with van der Waals surface area (Å²) in [5, 5.41) is 17.7. The molecule has 174 valence electrons. The Morgan fingerprint density at radius 1 is 1.22 bits per heavy atom. The minimum absolute atomic E-state index is 0.0802. The van der Waals surface area contributed by atoms with E-state index in [4.69, 9.17) is 14.1 Å². The number of ether oxygens (including phenoxy) is 1. The Morgan fingerprint density at radius 3 is 2.66 bits per heavy atom. The molecule has 0 saturated carbocycles. The van der Waals surface area contributed by atoms with E-state index in [1.165, 1.54) is 31.4 Å². The van der Waals surface area contributed by atoms with Gasteiger partial charge in [-0.2, -0.15) is 0 Å². The van der Waals surface area contributed by atoms with Crippen molar-refractivity contribution in [3.05, 3.63) is 64.1 Å². The van der Waals surface area contributed by atoms with E-state index >= 15 is 0 Å². The predicted molar refractivity (Wildman–Crippen MR) is 124 cm³/mol. The Hall–Kier alpha value is -2.91. The summed E-state index contributed by atoms with van der Waals surface area (Å²) in [7, 11) is 1.69. The van der Waals surface area contributed by atoms with Gasteiger partial charge >= 0.3 is 0 Å². The highest BCUT2D eigenvalue weighted by molar-refractivity contribution is 5.79. The highest BCUT2D eigenvalue weighted by Gasteiger charge is 2.24. The van der Waals surface area contributed by atoms with Crippen molar-refractivity contribution in [2.24, 2.45) is 4.99 Å². The van der Waals surface area contributed by atoms with E-state index in [2.05, 4.69) is 15.5 Å². The number of nitro benzene ring substituents is 1. The summed E-state index contributed by atoms with van der Waals surface area (Å²) in [4.78, 5) is 17.6. The second-order valence-corrected chi connectivity index (χ2v) is 7.87. The number of hydrogen-bond donors (Lipinski definition) is 2. The molecular weight excluding hydrogens is 410 g/mol. The maximum atomic E-state index is 10.9. The van der Waals surface area contributed by atoms with Crippen LogP contribution in [0.2, 0.25) is 0 Å². The summed E-state index contributed by atoms with van der Waals surface area (Å²) in [5.74, 6) is 1.65. The van der Waals surface area contributed by atoms with Crippen molar-refractivity contribution >= 4 is 11.6 Å². The zero-order valence-corrected chi connectivity index (χ0v) is 18.7.